The molecule has 43 heavy (non-hydrogen) atoms. The molecule has 0 aromatic carbocycles. The molecule has 1 saturated heterocycles. The van der Waals surface area contributed by atoms with Crippen LogP contribution < -0.4 is 21.5 Å². The summed E-state index contributed by atoms with van der Waals surface area (Å²) in [6.45, 7) is 3.68. The summed E-state index contributed by atoms with van der Waals surface area (Å²) in [4.78, 5) is 71.0. The summed E-state index contributed by atoms with van der Waals surface area (Å²) in [6.07, 6.45) is 4.58. The van der Waals surface area contributed by atoms with Crippen molar-refractivity contribution in [1.29, 1.82) is 0 Å². The van der Waals surface area contributed by atoms with E-state index in [9.17, 15) is 23.6 Å². The van der Waals surface area contributed by atoms with Crippen molar-refractivity contribution in [2.24, 2.45) is 18.9 Å². The zero-order valence-electron chi connectivity index (χ0n) is 24.0. The largest absolute Gasteiger partial charge is 0.377 e. The van der Waals surface area contributed by atoms with E-state index in [-0.39, 0.29) is 35.4 Å². The highest BCUT2D eigenvalue weighted by molar-refractivity contribution is 5.93. The smallest absolute Gasteiger partial charge is 0.332 e. The van der Waals surface area contributed by atoms with Crippen molar-refractivity contribution in [2.45, 2.75) is 32.1 Å². The summed E-state index contributed by atoms with van der Waals surface area (Å²) in [6, 6.07) is 4.18. The summed E-state index contributed by atoms with van der Waals surface area (Å²) in [5.74, 6) is -0.0899. The zero-order chi connectivity index (χ0) is 30.6. The number of amides is 1. The van der Waals surface area contributed by atoms with Crippen molar-refractivity contribution in [3.05, 3.63) is 57.8 Å². The lowest BCUT2D eigenvalue weighted by Gasteiger charge is -2.20. The van der Waals surface area contributed by atoms with Crippen LogP contribution in [0.15, 0.2) is 46.5 Å². The van der Waals surface area contributed by atoms with Crippen molar-refractivity contribution in [3.63, 3.8) is 0 Å². The number of rotatable bonds is 9. The normalized spacial score (nSPS) is 21.6. The van der Waals surface area contributed by atoms with Gasteiger partial charge in [-0.05, 0) is 26.0 Å². The van der Waals surface area contributed by atoms with Crippen LogP contribution in [0.3, 0.4) is 0 Å². The van der Waals surface area contributed by atoms with Gasteiger partial charge in [-0.2, -0.15) is 0 Å². The number of piperidine rings is 1. The number of halogens is 1. The number of methoxy groups -OCH3 is 1. The van der Waals surface area contributed by atoms with Gasteiger partial charge in [0.25, 0.3) is 5.56 Å². The Morgan fingerprint density at radius 3 is 2.53 bits per heavy atom. The van der Waals surface area contributed by atoms with Crippen molar-refractivity contribution >= 4 is 34.6 Å². The van der Waals surface area contributed by atoms with E-state index in [4.69, 9.17) is 4.74 Å². The Morgan fingerprint density at radius 2 is 1.86 bits per heavy atom. The first-order valence-electron chi connectivity index (χ1n) is 13.7. The zero-order valence-corrected chi connectivity index (χ0v) is 24.0. The molecule has 15 heteroatoms. The van der Waals surface area contributed by atoms with E-state index in [2.05, 4.69) is 25.3 Å². The maximum atomic E-state index is 14.2. The van der Waals surface area contributed by atoms with Crippen LogP contribution in [0.5, 0.6) is 0 Å². The number of imidazole rings is 1. The van der Waals surface area contributed by atoms with E-state index >= 15 is 0 Å². The molecule has 0 bridgehead atoms. The number of alkyl halides is 1. The predicted octanol–water partition coefficient (Wildman–Crippen LogP) is 0.958. The fourth-order valence-corrected chi connectivity index (χ4v) is 5.73. The number of aryl methyl sites for hydroxylation is 1. The second kappa shape index (κ2) is 10.5. The molecule has 1 saturated carbocycles. The number of fused-ring (bicyclic) bond motifs is 2. The Bertz CT molecular complexity index is 1850. The van der Waals surface area contributed by atoms with Gasteiger partial charge in [0, 0.05) is 57.0 Å². The van der Waals surface area contributed by atoms with Crippen LogP contribution in [-0.2, 0) is 27.9 Å². The predicted molar refractivity (Wildman–Crippen MR) is 153 cm³/mol. The number of hydrogen-bond acceptors (Lipinski definition) is 10. The average molecular weight is 592 g/mol. The molecule has 6 rings (SSSR count). The van der Waals surface area contributed by atoms with Crippen LogP contribution in [-0.4, -0.2) is 77.8 Å². The molecule has 1 amide bonds. The maximum absolute atomic E-state index is 14.2. The molecule has 5 heterocycles. The lowest BCUT2D eigenvalue weighted by molar-refractivity contribution is -0.123. The quantitative estimate of drug-likeness (QED) is 0.297. The Kier molecular flexibility index (Phi) is 6.91. The van der Waals surface area contributed by atoms with Gasteiger partial charge in [-0.25, -0.2) is 29.1 Å². The van der Waals surface area contributed by atoms with Crippen molar-refractivity contribution in [1.82, 2.24) is 33.6 Å². The minimum absolute atomic E-state index is 0.000335. The molecule has 4 aromatic rings. The monoisotopic (exact) mass is 591 g/mol. The summed E-state index contributed by atoms with van der Waals surface area (Å²) < 4.78 is 22.3. The molecule has 3 atom stereocenters. The van der Waals surface area contributed by atoms with Gasteiger partial charge in [0.05, 0.1) is 18.6 Å². The number of nitrogens with zero attached hydrogens (tertiary/aromatic N) is 8. The van der Waals surface area contributed by atoms with Gasteiger partial charge in [-0.1, -0.05) is 6.07 Å². The Hall–Kier alpha value is -4.79. The molecule has 1 aliphatic carbocycles. The van der Waals surface area contributed by atoms with Crippen LogP contribution >= 0.6 is 0 Å². The number of nitrogens with one attached hydrogen (secondary N) is 1. The molecule has 4 aromatic heterocycles. The van der Waals surface area contributed by atoms with Crippen LogP contribution in [0, 0.1) is 11.8 Å². The molecule has 0 spiro atoms. The number of carbonyl (C=O) groups is 2. The molecule has 14 nitrogen and oxygen atoms in total. The van der Waals surface area contributed by atoms with Gasteiger partial charge in [0.15, 0.2) is 16.9 Å². The van der Waals surface area contributed by atoms with Gasteiger partial charge >= 0.3 is 5.69 Å². The standard InChI is InChI=1S/C28H30FN9O5/c1-15(38-14-32-23-22(38)25(41)37(27(42)35(23)3)10-17(39)13-43-4)24(40)34-21-7-5-6-20(33-21)16-8-30-26(31-9-16)36-11-18-19(12-36)28(18,2)29/h5-9,14-15,18-19H,10-13H2,1-4H3,(H,33,34,40)/t15-,18?,19?,28?/m0/s1. The first-order chi connectivity index (χ1) is 20.5. The van der Waals surface area contributed by atoms with E-state index in [0.717, 1.165) is 9.13 Å². The van der Waals surface area contributed by atoms with Crippen molar-refractivity contribution < 1.29 is 18.7 Å². The topological polar surface area (TPSA) is 159 Å². The van der Waals surface area contributed by atoms with E-state index in [1.165, 1.54) is 25.1 Å². The fourth-order valence-electron chi connectivity index (χ4n) is 5.73. The molecule has 2 unspecified atom stereocenters. The number of Topliss-reactive ketones (excluding diaryl/α,β-unsaturated/α-hetero) is 1. The van der Waals surface area contributed by atoms with E-state index in [1.807, 2.05) is 4.90 Å². The van der Waals surface area contributed by atoms with Gasteiger partial charge in [-0.15, -0.1) is 0 Å². The van der Waals surface area contributed by atoms with Crippen LogP contribution in [0.1, 0.15) is 19.9 Å². The minimum atomic E-state index is -1.09. The number of pyridine rings is 1. The van der Waals surface area contributed by atoms with Crippen LogP contribution in [0.25, 0.3) is 22.4 Å². The minimum Gasteiger partial charge on any atom is -0.377 e. The van der Waals surface area contributed by atoms with Gasteiger partial charge in [0.1, 0.15) is 24.1 Å². The molecular weight excluding hydrogens is 561 g/mol. The first-order valence-corrected chi connectivity index (χ1v) is 13.7. The lowest BCUT2D eigenvalue weighted by atomic mass is 10.2. The number of hydrogen-bond donors (Lipinski definition) is 1. The summed E-state index contributed by atoms with van der Waals surface area (Å²) in [5.41, 5.74) is -1.29. The highest BCUT2D eigenvalue weighted by Crippen LogP contribution is 2.58. The van der Waals surface area contributed by atoms with Crippen LogP contribution in [0.4, 0.5) is 16.2 Å². The third-order valence-corrected chi connectivity index (χ3v) is 8.37. The van der Waals surface area contributed by atoms with E-state index in [0.29, 0.717) is 30.3 Å². The molecule has 2 fully saturated rings. The maximum Gasteiger partial charge on any atom is 0.332 e. The van der Waals surface area contributed by atoms with Gasteiger partial charge in [-0.3, -0.25) is 23.5 Å². The third kappa shape index (κ3) is 4.88. The summed E-state index contributed by atoms with van der Waals surface area (Å²) >= 11 is 0. The Balaban J connectivity index is 1.19. The number of ether oxygens (including phenoxy) is 1. The molecule has 1 N–H and O–H groups in total. The molecule has 1 aliphatic heterocycles. The first kappa shape index (κ1) is 28.3. The third-order valence-electron chi connectivity index (χ3n) is 8.37. The fraction of sp³-hybridized carbons (Fsp3) is 0.429. The molecular formula is C28H30FN9O5. The Labute approximate surface area is 244 Å². The van der Waals surface area contributed by atoms with E-state index in [1.54, 1.807) is 44.4 Å². The second-order valence-electron chi connectivity index (χ2n) is 11.1. The molecule has 2 aliphatic rings. The summed E-state index contributed by atoms with van der Waals surface area (Å²) in [7, 11) is 2.77. The van der Waals surface area contributed by atoms with Crippen LogP contribution in [0.2, 0.25) is 0 Å². The number of aromatic nitrogens is 7. The average Bonchev–Trinajstić information content (AvgIpc) is 3.41. The van der Waals surface area contributed by atoms with Crippen molar-refractivity contribution in [3.8, 4) is 11.3 Å². The lowest BCUT2D eigenvalue weighted by Crippen LogP contribution is -2.42. The highest BCUT2D eigenvalue weighted by Gasteiger charge is 2.67. The van der Waals surface area contributed by atoms with E-state index < -0.39 is 41.2 Å². The summed E-state index contributed by atoms with van der Waals surface area (Å²) in [5, 5.41) is 2.76. The molecule has 0 radical (unpaired) electrons. The number of ketones is 1. The molecule has 224 valence electrons. The van der Waals surface area contributed by atoms with Gasteiger partial charge < -0.3 is 19.5 Å². The SMILES string of the molecule is COCC(=O)Cn1c(=O)c2c(ncn2[C@@H](C)C(=O)Nc2cccc(-c3cnc(N4CC5C(C4)C5(C)F)nc3)n2)n(C)c1=O. The van der Waals surface area contributed by atoms with Gasteiger partial charge in [0.2, 0.25) is 11.9 Å². The number of anilines is 2. The Morgan fingerprint density at radius 1 is 1.16 bits per heavy atom. The number of carbonyl (C=O) groups excluding carboxylic acids is 2. The van der Waals surface area contributed by atoms with Crippen molar-refractivity contribution in [2.75, 3.05) is 37.0 Å². The highest BCUT2D eigenvalue weighted by atomic mass is 19.1. The second-order valence-corrected chi connectivity index (χ2v) is 11.1.